The van der Waals surface area contributed by atoms with E-state index in [0.29, 0.717) is 15.6 Å². The Labute approximate surface area is 232 Å². The minimum Gasteiger partial charge on any atom is -0.378 e. The molecule has 1 aliphatic heterocycles. The van der Waals surface area contributed by atoms with Crippen LogP contribution in [0.4, 0.5) is 5.69 Å². The molecule has 0 radical (unpaired) electrons. The largest absolute Gasteiger partial charge is 0.378 e. The minimum absolute atomic E-state index is 0. The van der Waals surface area contributed by atoms with Crippen LogP contribution in [0.1, 0.15) is 36.7 Å². The Morgan fingerprint density at radius 3 is 2.03 bits per heavy atom. The number of carbonyl (C=O) groups excluding carboxylic acids is 1. The molecule has 1 amide bonds. The van der Waals surface area contributed by atoms with E-state index in [9.17, 15) is 4.79 Å². The molecule has 5 nitrogen and oxygen atoms in total. The third kappa shape index (κ3) is 9.31. The maximum atomic E-state index is 13.0. The van der Waals surface area contributed by atoms with E-state index in [-0.39, 0.29) is 42.2 Å². The van der Waals surface area contributed by atoms with E-state index in [4.69, 9.17) is 23.2 Å². The van der Waals surface area contributed by atoms with Gasteiger partial charge in [0, 0.05) is 70.7 Å². The second-order valence-corrected chi connectivity index (χ2v) is 11.0. The molecular weight excluding hydrogens is 526 g/mol. The molecule has 1 unspecified atom stereocenters. The molecule has 2 aromatic rings. The molecule has 1 fully saturated rings. The number of benzene rings is 2. The smallest absolute Gasteiger partial charge is 0.251 e. The van der Waals surface area contributed by atoms with Crippen LogP contribution in [-0.4, -0.2) is 68.6 Å². The molecule has 9 heteroatoms. The van der Waals surface area contributed by atoms with Crippen molar-refractivity contribution in [3.63, 3.8) is 0 Å². The van der Waals surface area contributed by atoms with Gasteiger partial charge in [0.2, 0.25) is 0 Å². The number of carbonyl (C=O) groups is 1. The summed E-state index contributed by atoms with van der Waals surface area (Å²) in [5, 5.41) is 4.49. The fraction of sp³-hybridized carbons (Fsp3) is 0.500. The van der Waals surface area contributed by atoms with Crippen molar-refractivity contribution in [2.75, 3.05) is 51.7 Å². The van der Waals surface area contributed by atoms with E-state index in [1.54, 1.807) is 0 Å². The molecule has 3 rings (SSSR count). The maximum absolute atomic E-state index is 13.0. The van der Waals surface area contributed by atoms with Crippen LogP contribution >= 0.6 is 48.0 Å². The normalized spacial score (nSPS) is 15.5. The van der Waals surface area contributed by atoms with Crippen molar-refractivity contribution in [2.45, 2.75) is 33.4 Å². The van der Waals surface area contributed by atoms with Crippen LogP contribution in [0, 0.1) is 5.41 Å². The predicted molar refractivity (Wildman–Crippen MR) is 154 cm³/mol. The van der Waals surface area contributed by atoms with E-state index in [1.807, 2.05) is 61.5 Å². The summed E-state index contributed by atoms with van der Waals surface area (Å²) in [4.78, 5) is 19.9. The highest BCUT2D eigenvalue weighted by atomic mass is 35.5. The standard InChI is InChI=1S/C26H36Cl2N4O.2ClH/c1-26(2,3)24(29-25(33)20-7-9-21(10-8-20)30(4)5)18-32-14-12-31(13-15-32)17-19-6-11-22(27)23(28)16-19;;/h6-11,16,24H,12-15,17-18H2,1-5H3,(H,29,33);2*1H. The van der Waals surface area contributed by atoms with Gasteiger partial charge in [-0.15, -0.1) is 24.8 Å². The topological polar surface area (TPSA) is 38.8 Å². The van der Waals surface area contributed by atoms with Gasteiger partial charge in [-0.2, -0.15) is 0 Å². The lowest BCUT2D eigenvalue weighted by molar-refractivity contribution is 0.0790. The summed E-state index contributed by atoms with van der Waals surface area (Å²) < 4.78 is 0. The minimum atomic E-state index is -0.0452. The van der Waals surface area contributed by atoms with Crippen LogP contribution in [0.15, 0.2) is 42.5 Å². The number of rotatable bonds is 7. The van der Waals surface area contributed by atoms with Gasteiger partial charge in [-0.25, -0.2) is 0 Å². The first-order valence-electron chi connectivity index (χ1n) is 11.5. The zero-order chi connectivity index (χ0) is 24.2. The van der Waals surface area contributed by atoms with Crippen molar-refractivity contribution in [1.29, 1.82) is 0 Å². The molecule has 0 aromatic heterocycles. The van der Waals surface area contributed by atoms with Crippen LogP contribution in [-0.2, 0) is 6.54 Å². The third-order valence-electron chi connectivity index (χ3n) is 6.29. The van der Waals surface area contributed by atoms with Crippen molar-refractivity contribution in [2.24, 2.45) is 5.41 Å². The van der Waals surface area contributed by atoms with Gasteiger partial charge in [-0.3, -0.25) is 14.6 Å². The van der Waals surface area contributed by atoms with Crippen LogP contribution in [0.5, 0.6) is 0 Å². The molecule has 1 atom stereocenters. The van der Waals surface area contributed by atoms with Crippen molar-refractivity contribution < 1.29 is 4.79 Å². The second-order valence-electron chi connectivity index (χ2n) is 10.2. The summed E-state index contributed by atoms with van der Waals surface area (Å²) in [6.07, 6.45) is 0. The van der Waals surface area contributed by atoms with Gasteiger partial charge >= 0.3 is 0 Å². The maximum Gasteiger partial charge on any atom is 0.251 e. The molecule has 1 heterocycles. The van der Waals surface area contributed by atoms with Gasteiger partial charge in [0.1, 0.15) is 0 Å². The summed E-state index contributed by atoms with van der Waals surface area (Å²) in [6, 6.07) is 13.7. The van der Waals surface area contributed by atoms with Gasteiger partial charge in [0.15, 0.2) is 0 Å². The number of amides is 1. The van der Waals surface area contributed by atoms with Crippen LogP contribution in [0.2, 0.25) is 10.0 Å². The molecule has 0 saturated carbocycles. The number of nitrogens with one attached hydrogen (secondary N) is 1. The quantitative estimate of drug-likeness (QED) is 0.457. The molecule has 196 valence electrons. The van der Waals surface area contributed by atoms with E-state index in [2.05, 4.69) is 35.9 Å². The number of hydrogen-bond donors (Lipinski definition) is 1. The molecule has 1 saturated heterocycles. The lowest BCUT2D eigenvalue weighted by Crippen LogP contribution is -2.54. The monoisotopic (exact) mass is 562 g/mol. The molecule has 0 spiro atoms. The highest BCUT2D eigenvalue weighted by Crippen LogP contribution is 2.24. The van der Waals surface area contributed by atoms with Crippen molar-refractivity contribution >= 4 is 59.6 Å². The summed E-state index contributed by atoms with van der Waals surface area (Å²) in [5.74, 6) is -0.0153. The molecule has 1 N–H and O–H groups in total. The zero-order valence-electron chi connectivity index (χ0n) is 21.2. The summed E-state index contributed by atoms with van der Waals surface area (Å²) in [6.45, 7) is 12.2. The molecule has 2 aromatic carbocycles. The fourth-order valence-electron chi connectivity index (χ4n) is 3.97. The van der Waals surface area contributed by atoms with E-state index >= 15 is 0 Å². The summed E-state index contributed by atoms with van der Waals surface area (Å²) >= 11 is 12.2. The molecule has 1 aliphatic rings. The second kappa shape index (κ2) is 13.9. The number of nitrogens with zero attached hydrogens (tertiary/aromatic N) is 3. The first-order valence-corrected chi connectivity index (χ1v) is 12.3. The average molecular weight is 564 g/mol. The van der Waals surface area contributed by atoms with E-state index in [1.165, 1.54) is 5.56 Å². The van der Waals surface area contributed by atoms with E-state index < -0.39 is 0 Å². The van der Waals surface area contributed by atoms with Crippen molar-refractivity contribution in [1.82, 2.24) is 15.1 Å². The Bertz CT molecular complexity index is 939. The predicted octanol–water partition coefficient (Wildman–Crippen LogP) is 5.87. The van der Waals surface area contributed by atoms with Crippen molar-refractivity contribution in [3.8, 4) is 0 Å². The Morgan fingerprint density at radius 1 is 0.943 bits per heavy atom. The van der Waals surface area contributed by atoms with Crippen LogP contribution in [0.3, 0.4) is 0 Å². The van der Waals surface area contributed by atoms with Crippen molar-refractivity contribution in [3.05, 3.63) is 63.6 Å². The lowest BCUT2D eigenvalue weighted by Gasteiger charge is -2.40. The molecular formula is C26H38Cl4N4O. The fourth-order valence-corrected chi connectivity index (χ4v) is 4.29. The van der Waals surface area contributed by atoms with E-state index in [0.717, 1.165) is 45.0 Å². The Kier molecular flexibility index (Phi) is 12.7. The van der Waals surface area contributed by atoms with Gasteiger partial charge < -0.3 is 10.2 Å². The molecule has 0 bridgehead atoms. The average Bonchev–Trinajstić information content (AvgIpc) is 2.76. The van der Waals surface area contributed by atoms with Gasteiger partial charge in [-0.05, 0) is 47.4 Å². The number of anilines is 1. The SMILES string of the molecule is CN(C)c1ccc(C(=O)NC(CN2CCN(Cc3ccc(Cl)c(Cl)c3)CC2)C(C)(C)C)cc1.Cl.Cl. The highest BCUT2D eigenvalue weighted by molar-refractivity contribution is 6.42. The first-order chi connectivity index (χ1) is 15.5. The Morgan fingerprint density at radius 2 is 1.51 bits per heavy atom. The number of piperazine rings is 1. The Hall–Kier alpha value is -1.21. The summed E-state index contributed by atoms with van der Waals surface area (Å²) in [5.41, 5.74) is 2.91. The number of halogens is 4. The van der Waals surface area contributed by atoms with Gasteiger partial charge in [-0.1, -0.05) is 50.0 Å². The highest BCUT2D eigenvalue weighted by Gasteiger charge is 2.30. The van der Waals surface area contributed by atoms with Gasteiger partial charge in [0.05, 0.1) is 10.0 Å². The molecule has 35 heavy (non-hydrogen) atoms. The Balaban J connectivity index is 0.00000306. The number of hydrogen-bond acceptors (Lipinski definition) is 4. The zero-order valence-corrected chi connectivity index (χ0v) is 24.3. The van der Waals surface area contributed by atoms with Crippen LogP contribution < -0.4 is 10.2 Å². The van der Waals surface area contributed by atoms with Crippen LogP contribution in [0.25, 0.3) is 0 Å². The summed E-state index contributed by atoms with van der Waals surface area (Å²) in [7, 11) is 3.99. The lowest BCUT2D eigenvalue weighted by atomic mass is 9.86. The third-order valence-corrected chi connectivity index (χ3v) is 7.03. The van der Waals surface area contributed by atoms with Gasteiger partial charge in [0.25, 0.3) is 5.91 Å². The first kappa shape index (κ1) is 31.8. The molecule has 0 aliphatic carbocycles.